The molecular formula is C65H44. The molecule has 65 heavy (non-hydrogen) atoms. The Hall–Kier alpha value is -8.06. The Labute approximate surface area is 379 Å². The van der Waals surface area contributed by atoms with Gasteiger partial charge in [0, 0.05) is 5.41 Å². The lowest BCUT2D eigenvalue weighted by Gasteiger charge is -2.22. The lowest BCUT2D eigenvalue weighted by Crippen LogP contribution is -2.14. The van der Waals surface area contributed by atoms with Crippen molar-refractivity contribution in [1.29, 1.82) is 0 Å². The predicted molar refractivity (Wildman–Crippen MR) is 279 cm³/mol. The molecule has 0 unspecified atom stereocenters. The monoisotopic (exact) mass is 824 g/mol. The predicted octanol–water partition coefficient (Wildman–Crippen LogP) is 18.1. The van der Waals surface area contributed by atoms with Gasteiger partial charge in [0.05, 0.1) is 0 Å². The standard InChI is InChI=1S/C65H44/c1-65(2)59-30-15-14-22-49(59)57-40-46(36-38-60(57)65)64-55-28-13-12-27-54(55)63(56-37-35-45(39-58(56)64)48-29-16-20-41-17-6-7-21-47(41)48)44-33-31-43(32-34-44)62-52-25-10-8-23-50(52)61(42-18-4-3-5-19-42)51-24-9-11-26-53(51)62/h3-40H,1-2H3. The molecule has 13 rings (SSSR count). The highest BCUT2D eigenvalue weighted by Crippen LogP contribution is 2.52. The number of rotatable bonds is 5. The minimum Gasteiger partial charge on any atom is -0.0622 e. The summed E-state index contributed by atoms with van der Waals surface area (Å²) in [5, 5.41) is 12.6. The molecule has 0 amide bonds. The molecule has 0 fully saturated rings. The van der Waals surface area contributed by atoms with E-state index < -0.39 is 0 Å². The second-order valence-corrected chi connectivity index (χ2v) is 18.3. The van der Waals surface area contributed by atoms with Crippen molar-refractivity contribution in [2.45, 2.75) is 19.3 Å². The summed E-state index contributed by atoms with van der Waals surface area (Å²) >= 11 is 0. The molecule has 0 radical (unpaired) electrons. The van der Waals surface area contributed by atoms with Gasteiger partial charge >= 0.3 is 0 Å². The van der Waals surface area contributed by atoms with Crippen molar-refractivity contribution in [3.63, 3.8) is 0 Å². The van der Waals surface area contributed by atoms with Crippen LogP contribution in [0, 0.1) is 0 Å². The first-order chi connectivity index (χ1) is 32.0. The molecule has 0 atom stereocenters. The van der Waals surface area contributed by atoms with Gasteiger partial charge in [0.15, 0.2) is 0 Å². The summed E-state index contributed by atoms with van der Waals surface area (Å²) in [7, 11) is 0. The maximum Gasteiger partial charge on any atom is 0.0158 e. The maximum atomic E-state index is 2.47. The van der Waals surface area contributed by atoms with Crippen molar-refractivity contribution in [1.82, 2.24) is 0 Å². The Kier molecular flexibility index (Phi) is 8.36. The Bertz CT molecular complexity index is 3820. The zero-order valence-corrected chi connectivity index (χ0v) is 36.4. The van der Waals surface area contributed by atoms with Crippen LogP contribution in [0.25, 0.3) is 121 Å². The molecular weight excluding hydrogens is 781 g/mol. The first-order valence-electron chi connectivity index (χ1n) is 22.8. The van der Waals surface area contributed by atoms with Crippen LogP contribution < -0.4 is 0 Å². The third-order valence-electron chi connectivity index (χ3n) is 14.5. The van der Waals surface area contributed by atoms with Gasteiger partial charge in [-0.25, -0.2) is 0 Å². The van der Waals surface area contributed by atoms with Gasteiger partial charge in [-0.2, -0.15) is 0 Å². The fourth-order valence-corrected chi connectivity index (χ4v) is 11.5. The van der Waals surface area contributed by atoms with Gasteiger partial charge in [0.1, 0.15) is 0 Å². The van der Waals surface area contributed by atoms with Crippen molar-refractivity contribution < 1.29 is 0 Å². The summed E-state index contributed by atoms with van der Waals surface area (Å²) in [6.45, 7) is 4.73. The van der Waals surface area contributed by atoms with Gasteiger partial charge in [-0.05, 0) is 144 Å². The summed E-state index contributed by atoms with van der Waals surface area (Å²) in [6.07, 6.45) is 0. The van der Waals surface area contributed by atoms with Crippen LogP contribution in [0.4, 0.5) is 0 Å². The normalized spacial score (nSPS) is 12.9. The molecule has 0 spiro atoms. The molecule has 0 heteroatoms. The number of fused-ring (bicyclic) bond motifs is 8. The number of benzene rings is 12. The molecule has 0 nitrogen and oxygen atoms in total. The van der Waals surface area contributed by atoms with Crippen LogP contribution in [0.3, 0.4) is 0 Å². The Morgan fingerprint density at radius 3 is 1.23 bits per heavy atom. The molecule has 0 saturated heterocycles. The quantitative estimate of drug-likeness (QED) is 0.152. The summed E-state index contributed by atoms with van der Waals surface area (Å²) in [5.41, 5.74) is 17.9. The largest absolute Gasteiger partial charge is 0.0622 e. The van der Waals surface area contributed by atoms with Gasteiger partial charge in [-0.3, -0.25) is 0 Å². The molecule has 304 valence electrons. The van der Waals surface area contributed by atoms with E-state index >= 15 is 0 Å². The molecule has 0 saturated carbocycles. The maximum absolute atomic E-state index is 2.47. The zero-order valence-electron chi connectivity index (χ0n) is 36.4. The molecule has 1 aliphatic carbocycles. The van der Waals surface area contributed by atoms with Gasteiger partial charge < -0.3 is 0 Å². The first kappa shape index (κ1) is 37.5. The van der Waals surface area contributed by atoms with Crippen molar-refractivity contribution in [3.05, 3.63) is 242 Å². The fourth-order valence-electron chi connectivity index (χ4n) is 11.5. The lowest BCUT2D eigenvalue weighted by atomic mass is 9.81. The smallest absolute Gasteiger partial charge is 0.0158 e. The molecule has 0 bridgehead atoms. The van der Waals surface area contributed by atoms with E-state index in [1.54, 1.807) is 0 Å². The minimum atomic E-state index is -0.0609. The van der Waals surface area contributed by atoms with Crippen molar-refractivity contribution in [2.75, 3.05) is 0 Å². The minimum absolute atomic E-state index is 0.0609. The van der Waals surface area contributed by atoms with E-state index in [0.29, 0.717) is 0 Å². The topological polar surface area (TPSA) is 0 Å². The summed E-state index contributed by atoms with van der Waals surface area (Å²) in [6, 6.07) is 86.1. The van der Waals surface area contributed by atoms with Crippen molar-refractivity contribution >= 4 is 53.9 Å². The summed E-state index contributed by atoms with van der Waals surface area (Å²) in [4.78, 5) is 0. The lowest BCUT2D eigenvalue weighted by molar-refractivity contribution is 0.660. The van der Waals surface area contributed by atoms with E-state index in [0.717, 1.165) is 0 Å². The highest BCUT2D eigenvalue weighted by molar-refractivity contribution is 6.24. The van der Waals surface area contributed by atoms with Gasteiger partial charge in [0.2, 0.25) is 0 Å². The summed E-state index contributed by atoms with van der Waals surface area (Å²) < 4.78 is 0. The molecule has 12 aromatic rings. The van der Waals surface area contributed by atoms with E-state index in [1.165, 1.54) is 132 Å². The van der Waals surface area contributed by atoms with E-state index in [2.05, 4.69) is 244 Å². The molecule has 0 aliphatic heterocycles. The van der Waals surface area contributed by atoms with Crippen molar-refractivity contribution in [3.8, 4) is 66.8 Å². The van der Waals surface area contributed by atoms with E-state index in [-0.39, 0.29) is 5.41 Å². The van der Waals surface area contributed by atoms with E-state index in [4.69, 9.17) is 0 Å². The third-order valence-corrected chi connectivity index (χ3v) is 14.5. The van der Waals surface area contributed by atoms with Crippen molar-refractivity contribution in [2.24, 2.45) is 0 Å². The number of hydrogen-bond donors (Lipinski definition) is 0. The second-order valence-electron chi connectivity index (χ2n) is 18.3. The van der Waals surface area contributed by atoms with Crippen LogP contribution in [0.5, 0.6) is 0 Å². The van der Waals surface area contributed by atoms with Gasteiger partial charge in [-0.1, -0.05) is 232 Å². The zero-order chi connectivity index (χ0) is 43.2. The summed E-state index contributed by atoms with van der Waals surface area (Å²) in [5.74, 6) is 0. The van der Waals surface area contributed by atoms with Crippen LogP contribution in [0.1, 0.15) is 25.0 Å². The van der Waals surface area contributed by atoms with Crippen LogP contribution in [0.2, 0.25) is 0 Å². The average Bonchev–Trinajstić information content (AvgIpc) is 3.59. The number of hydrogen-bond acceptors (Lipinski definition) is 0. The van der Waals surface area contributed by atoms with Crippen LogP contribution in [-0.4, -0.2) is 0 Å². The fraction of sp³-hybridized carbons (Fsp3) is 0.0462. The molecule has 12 aromatic carbocycles. The van der Waals surface area contributed by atoms with Gasteiger partial charge in [0.25, 0.3) is 0 Å². The first-order valence-corrected chi connectivity index (χ1v) is 22.8. The second kappa shape index (κ2) is 14.5. The van der Waals surface area contributed by atoms with Gasteiger partial charge in [-0.15, -0.1) is 0 Å². The van der Waals surface area contributed by atoms with E-state index in [1.807, 2.05) is 0 Å². The average molecular weight is 825 g/mol. The molecule has 0 aromatic heterocycles. The SMILES string of the molecule is CC1(C)c2ccccc2-c2cc(-c3c4ccccc4c(-c4ccc(-c5c6ccccc6c(-c6ccccc6)c6ccccc56)cc4)c4ccc(-c5cccc6ccccc56)cc34)ccc21. The highest BCUT2D eigenvalue weighted by atomic mass is 14.4. The third kappa shape index (κ3) is 5.70. The van der Waals surface area contributed by atoms with Crippen LogP contribution >= 0.6 is 0 Å². The Morgan fingerprint density at radius 2 is 0.631 bits per heavy atom. The van der Waals surface area contributed by atoms with Crippen LogP contribution in [-0.2, 0) is 5.41 Å². The molecule has 1 aliphatic rings. The Balaban J connectivity index is 1.05. The highest BCUT2D eigenvalue weighted by Gasteiger charge is 2.35. The molecule has 0 N–H and O–H groups in total. The van der Waals surface area contributed by atoms with Crippen LogP contribution in [0.15, 0.2) is 231 Å². The Morgan fingerprint density at radius 1 is 0.231 bits per heavy atom. The molecule has 0 heterocycles. The van der Waals surface area contributed by atoms with E-state index in [9.17, 15) is 0 Å².